The van der Waals surface area contributed by atoms with Gasteiger partial charge in [0, 0.05) is 12.2 Å². The maximum absolute atomic E-state index is 13.4. The summed E-state index contributed by atoms with van der Waals surface area (Å²) in [5, 5.41) is 7.64. The van der Waals surface area contributed by atoms with E-state index in [1.165, 1.54) is 11.8 Å². The van der Waals surface area contributed by atoms with Crippen molar-refractivity contribution < 1.29 is 4.39 Å². The van der Waals surface area contributed by atoms with Gasteiger partial charge in [0.1, 0.15) is 5.82 Å². The lowest BCUT2D eigenvalue weighted by Gasteiger charge is -2.09. The number of hydrogen-bond acceptors (Lipinski definition) is 2. The monoisotopic (exact) mass is 261 g/mol. The second-order valence-corrected chi connectivity index (χ2v) is 4.46. The van der Waals surface area contributed by atoms with Crippen LogP contribution in [0.4, 0.5) is 10.1 Å². The fourth-order valence-electron chi connectivity index (χ4n) is 2.07. The van der Waals surface area contributed by atoms with Crippen molar-refractivity contribution in [2.75, 3.05) is 11.9 Å². The van der Waals surface area contributed by atoms with Crippen molar-refractivity contribution >= 4 is 5.69 Å². The van der Waals surface area contributed by atoms with Crippen molar-refractivity contribution in [3.05, 3.63) is 47.5 Å². The smallest absolute Gasteiger partial charge is 0.146 e. The molecule has 2 aromatic rings. The predicted octanol–water partition coefficient (Wildman–Crippen LogP) is 3.26. The number of para-hydroxylation sites is 1. The molecule has 1 heterocycles. The summed E-state index contributed by atoms with van der Waals surface area (Å²) in [7, 11) is 0. The van der Waals surface area contributed by atoms with Gasteiger partial charge in [-0.3, -0.25) is 4.68 Å². The molecule has 0 aliphatic carbocycles. The highest BCUT2D eigenvalue weighted by Crippen LogP contribution is 2.12. The van der Waals surface area contributed by atoms with Crippen LogP contribution in [0.2, 0.25) is 0 Å². The molecular weight excluding hydrogens is 241 g/mol. The molecule has 0 saturated heterocycles. The van der Waals surface area contributed by atoms with E-state index in [1.54, 1.807) is 12.1 Å². The van der Waals surface area contributed by atoms with E-state index in [9.17, 15) is 4.39 Å². The molecule has 0 fully saturated rings. The minimum atomic E-state index is -0.215. The second-order valence-electron chi connectivity index (χ2n) is 4.46. The lowest BCUT2D eigenvalue weighted by atomic mass is 10.2. The van der Waals surface area contributed by atoms with Gasteiger partial charge < -0.3 is 5.32 Å². The highest BCUT2D eigenvalue weighted by atomic mass is 19.1. The summed E-state index contributed by atoms with van der Waals surface area (Å²) in [6.07, 6.45) is 1.91. The fraction of sp³-hybridized carbons (Fsp3) is 0.400. The van der Waals surface area contributed by atoms with Crippen LogP contribution in [0, 0.1) is 5.82 Å². The van der Waals surface area contributed by atoms with E-state index in [1.807, 2.05) is 10.7 Å². The standard InChI is InChI=1S/C15H20FN3/c1-3-12-11-13(4-2)19(18-12)10-9-17-15-8-6-5-7-14(15)16/h5-8,11,17H,3-4,9-10H2,1-2H3. The van der Waals surface area contributed by atoms with Gasteiger partial charge in [0.15, 0.2) is 0 Å². The SMILES string of the molecule is CCc1cc(CC)n(CCNc2ccccc2F)n1. The zero-order valence-electron chi connectivity index (χ0n) is 11.5. The zero-order valence-corrected chi connectivity index (χ0v) is 11.5. The molecule has 0 spiro atoms. The minimum Gasteiger partial charge on any atom is -0.381 e. The summed E-state index contributed by atoms with van der Waals surface area (Å²) in [5.41, 5.74) is 2.89. The molecule has 1 aromatic carbocycles. The van der Waals surface area contributed by atoms with Gasteiger partial charge in [-0.15, -0.1) is 0 Å². The Hall–Kier alpha value is -1.84. The maximum atomic E-state index is 13.4. The molecule has 3 nitrogen and oxygen atoms in total. The fourth-order valence-corrected chi connectivity index (χ4v) is 2.07. The summed E-state index contributed by atoms with van der Waals surface area (Å²) >= 11 is 0. The van der Waals surface area contributed by atoms with Crippen molar-refractivity contribution in [2.24, 2.45) is 0 Å². The Morgan fingerprint density at radius 1 is 1.21 bits per heavy atom. The molecule has 19 heavy (non-hydrogen) atoms. The summed E-state index contributed by atoms with van der Waals surface area (Å²) in [6, 6.07) is 8.87. The van der Waals surface area contributed by atoms with E-state index in [-0.39, 0.29) is 5.82 Å². The number of aryl methyl sites for hydroxylation is 2. The first-order valence-corrected chi connectivity index (χ1v) is 6.78. The predicted molar refractivity (Wildman–Crippen MR) is 75.9 cm³/mol. The van der Waals surface area contributed by atoms with Gasteiger partial charge in [-0.25, -0.2) is 4.39 Å². The largest absolute Gasteiger partial charge is 0.381 e. The van der Waals surface area contributed by atoms with E-state index >= 15 is 0 Å². The first-order valence-electron chi connectivity index (χ1n) is 6.78. The normalized spacial score (nSPS) is 10.7. The third-order valence-electron chi connectivity index (χ3n) is 3.15. The lowest BCUT2D eigenvalue weighted by molar-refractivity contribution is 0.595. The molecule has 102 valence electrons. The lowest BCUT2D eigenvalue weighted by Crippen LogP contribution is -2.14. The van der Waals surface area contributed by atoms with Crippen LogP contribution < -0.4 is 5.32 Å². The van der Waals surface area contributed by atoms with Crippen molar-refractivity contribution in [3.63, 3.8) is 0 Å². The quantitative estimate of drug-likeness (QED) is 0.865. The molecule has 0 aliphatic heterocycles. The molecule has 0 atom stereocenters. The number of nitrogens with zero attached hydrogens (tertiary/aromatic N) is 2. The van der Waals surface area contributed by atoms with Crippen LogP contribution in [-0.4, -0.2) is 16.3 Å². The molecule has 1 aromatic heterocycles. The summed E-state index contributed by atoms with van der Waals surface area (Å²) in [5.74, 6) is -0.215. The van der Waals surface area contributed by atoms with Gasteiger partial charge in [0.2, 0.25) is 0 Å². The van der Waals surface area contributed by atoms with E-state index in [0.717, 1.165) is 25.1 Å². The molecule has 0 aliphatic rings. The average molecular weight is 261 g/mol. The summed E-state index contributed by atoms with van der Waals surface area (Å²) < 4.78 is 15.4. The highest BCUT2D eigenvalue weighted by molar-refractivity contribution is 5.44. The Bertz CT molecular complexity index is 534. The number of aromatic nitrogens is 2. The van der Waals surface area contributed by atoms with Crippen molar-refractivity contribution in [2.45, 2.75) is 33.2 Å². The Morgan fingerprint density at radius 2 is 2.00 bits per heavy atom. The van der Waals surface area contributed by atoms with Crippen LogP contribution in [0.25, 0.3) is 0 Å². The second kappa shape index (κ2) is 6.36. The van der Waals surface area contributed by atoms with Gasteiger partial charge in [-0.1, -0.05) is 26.0 Å². The van der Waals surface area contributed by atoms with E-state index in [0.29, 0.717) is 12.2 Å². The van der Waals surface area contributed by atoms with E-state index in [2.05, 4.69) is 30.3 Å². The van der Waals surface area contributed by atoms with Gasteiger partial charge in [-0.05, 0) is 31.0 Å². The van der Waals surface area contributed by atoms with Crippen LogP contribution in [-0.2, 0) is 19.4 Å². The van der Waals surface area contributed by atoms with Crippen LogP contribution in [0.5, 0.6) is 0 Å². The molecule has 0 amide bonds. The van der Waals surface area contributed by atoms with Crippen molar-refractivity contribution in [1.82, 2.24) is 9.78 Å². The van der Waals surface area contributed by atoms with Gasteiger partial charge in [0.05, 0.1) is 17.9 Å². The molecule has 0 radical (unpaired) electrons. The Morgan fingerprint density at radius 3 is 2.68 bits per heavy atom. The average Bonchev–Trinajstić information content (AvgIpc) is 2.83. The van der Waals surface area contributed by atoms with Gasteiger partial charge >= 0.3 is 0 Å². The van der Waals surface area contributed by atoms with Crippen molar-refractivity contribution in [1.29, 1.82) is 0 Å². The molecule has 0 saturated carbocycles. The van der Waals surface area contributed by atoms with Crippen LogP contribution >= 0.6 is 0 Å². The molecular formula is C15H20FN3. The number of nitrogens with one attached hydrogen (secondary N) is 1. The number of rotatable bonds is 6. The Labute approximate surface area is 113 Å². The topological polar surface area (TPSA) is 29.9 Å². The highest BCUT2D eigenvalue weighted by Gasteiger charge is 2.05. The minimum absolute atomic E-state index is 0.215. The van der Waals surface area contributed by atoms with Gasteiger partial charge in [0.25, 0.3) is 0 Å². The molecule has 0 bridgehead atoms. The molecule has 2 rings (SSSR count). The third kappa shape index (κ3) is 3.34. The third-order valence-corrected chi connectivity index (χ3v) is 3.15. The summed E-state index contributed by atoms with van der Waals surface area (Å²) in [6.45, 7) is 5.64. The maximum Gasteiger partial charge on any atom is 0.146 e. The number of benzene rings is 1. The molecule has 1 N–H and O–H groups in total. The molecule has 4 heteroatoms. The van der Waals surface area contributed by atoms with Gasteiger partial charge in [-0.2, -0.15) is 5.10 Å². The zero-order chi connectivity index (χ0) is 13.7. The van der Waals surface area contributed by atoms with Crippen molar-refractivity contribution in [3.8, 4) is 0 Å². The van der Waals surface area contributed by atoms with Crippen LogP contribution in [0.1, 0.15) is 25.2 Å². The van der Waals surface area contributed by atoms with E-state index in [4.69, 9.17) is 0 Å². The number of hydrogen-bond donors (Lipinski definition) is 1. The first-order chi connectivity index (χ1) is 9.24. The number of halogens is 1. The van der Waals surface area contributed by atoms with E-state index < -0.39 is 0 Å². The Balaban J connectivity index is 1.96. The Kier molecular flexibility index (Phi) is 4.55. The van der Waals surface area contributed by atoms with Crippen LogP contribution in [0.3, 0.4) is 0 Å². The first kappa shape index (κ1) is 13.6. The number of anilines is 1. The van der Waals surface area contributed by atoms with Crippen LogP contribution in [0.15, 0.2) is 30.3 Å². The summed E-state index contributed by atoms with van der Waals surface area (Å²) in [4.78, 5) is 0. The molecule has 0 unspecified atom stereocenters.